The van der Waals surface area contributed by atoms with E-state index in [1.807, 2.05) is 0 Å². The van der Waals surface area contributed by atoms with Crippen LogP contribution >= 0.6 is 0 Å². The van der Waals surface area contributed by atoms with Crippen molar-refractivity contribution in [3.8, 4) is 11.5 Å². The zero-order valence-corrected chi connectivity index (χ0v) is 10.5. The highest BCUT2D eigenvalue weighted by Crippen LogP contribution is 2.32. The van der Waals surface area contributed by atoms with Crippen molar-refractivity contribution in [3.05, 3.63) is 23.5 Å². The van der Waals surface area contributed by atoms with Gasteiger partial charge in [-0.1, -0.05) is 0 Å². The van der Waals surface area contributed by atoms with E-state index in [1.165, 1.54) is 33.3 Å². The number of aliphatic carboxylic acids is 1. The van der Waals surface area contributed by atoms with Crippen molar-refractivity contribution in [2.75, 3.05) is 14.2 Å². The van der Waals surface area contributed by atoms with Crippen molar-refractivity contribution < 1.29 is 23.8 Å². The van der Waals surface area contributed by atoms with Crippen LogP contribution in [0.4, 0.5) is 4.39 Å². The molecule has 0 saturated heterocycles. The van der Waals surface area contributed by atoms with Gasteiger partial charge < -0.3 is 20.3 Å². The van der Waals surface area contributed by atoms with Gasteiger partial charge in [0.15, 0.2) is 17.3 Å². The van der Waals surface area contributed by atoms with Crippen LogP contribution in [-0.2, 0) is 11.2 Å². The Morgan fingerprint density at radius 3 is 2.50 bits per heavy atom. The second-order valence-electron chi connectivity index (χ2n) is 4.21. The lowest BCUT2D eigenvalue weighted by Gasteiger charge is -2.20. The minimum absolute atomic E-state index is 0.0143. The summed E-state index contributed by atoms with van der Waals surface area (Å²) in [6, 6.07) is 2.70. The van der Waals surface area contributed by atoms with Crippen LogP contribution in [0, 0.1) is 5.82 Å². The third kappa shape index (κ3) is 2.89. The fourth-order valence-corrected chi connectivity index (χ4v) is 1.57. The van der Waals surface area contributed by atoms with Gasteiger partial charge in [0, 0.05) is 6.42 Å². The van der Waals surface area contributed by atoms with Gasteiger partial charge in [-0.25, -0.2) is 4.39 Å². The van der Waals surface area contributed by atoms with E-state index < -0.39 is 17.3 Å². The van der Waals surface area contributed by atoms with E-state index in [0.29, 0.717) is 5.56 Å². The van der Waals surface area contributed by atoms with Crippen molar-refractivity contribution >= 4 is 5.97 Å². The maximum absolute atomic E-state index is 13.7. The minimum Gasteiger partial charge on any atom is -0.493 e. The van der Waals surface area contributed by atoms with Crippen LogP contribution in [0.2, 0.25) is 0 Å². The molecule has 0 aromatic heterocycles. The molecule has 5 nitrogen and oxygen atoms in total. The molecular weight excluding hydrogens is 241 g/mol. The number of carboxylic acids is 1. The Hall–Kier alpha value is -1.82. The van der Waals surface area contributed by atoms with Gasteiger partial charge in [0.1, 0.15) is 5.54 Å². The number of carboxylic acid groups (broad SMARTS) is 1. The smallest absolute Gasteiger partial charge is 0.323 e. The van der Waals surface area contributed by atoms with Crippen LogP contribution in [0.5, 0.6) is 11.5 Å². The molecule has 6 heteroatoms. The Kier molecular flexibility index (Phi) is 4.13. The van der Waals surface area contributed by atoms with Gasteiger partial charge in [0.2, 0.25) is 0 Å². The molecule has 0 aliphatic rings. The molecule has 0 amide bonds. The zero-order chi connectivity index (χ0) is 13.9. The van der Waals surface area contributed by atoms with E-state index in [1.54, 1.807) is 0 Å². The predicted molar refractivity (Wildman–Crippen MR) is 63.4 cm³/mol. The molecule has 100 valence electrons. The molecule has 3 N–H and O–H groups in total. The number of halogens is 1. The minimum atomic E-state index is -1.47. The molecule has 0 fully saturated rings. The Morgan fingerprint density at radius 2 is 2.06 bits per heavy atom. The first-order valence-corrected chi connectivity index (χ1v) is 5.24. The standard InChI is InChI=1S/C12H16FNO4/c1-12(14,11(15)16)6-7-4-8(13)10(18-3)9(5-7)17-2/h4-5H,6,14H2,1-3H3,(H,15,16). The zero-order valence-electron chi connectivity index (χ0n) is 10.5. The SMILES string of the molecule is COc1cc(CC(C)(N)C(=O)O)cc(F)c1OC. The van der Waals surface area contributed by atoms with Crippen LogP contribution in [0.15, 0.2) is 12.1 Å². The highest BCUT2D eigenvalue weighted by Gasteiger charge is 2.29. The molecule has 1 rings (SSSR count). The first-order chi connectivity index (χ1) is 8.31. The lowest BCUT2D eigenvalue weighted by atomic mass is 9.94. The Balaban J connectivity index is 3.13. The van der Waals surface area contributed by atoms with Crippen LogP contribution in [-0.4, -0.2) is 30.8 Å². The Labute approximate surface area is 104 Å². The molecule has 1 aromatic carbocycles. The first kappa shape index (κ1) is 14.2. The number of hydrogen-bond donors (Lipinski definition) is 2. The summed E-state index contributed by atoms with van der Waals surface area (Å²) >= 11 is 0. The van der Waals surface area contributed by atoms with Gasteiger partial charge in [0.05, 0.1) is 14.2 Å². The summed E-state index contributed by atoms with van der Waals surface area (Å²) in [7, 11) is 2.70. The van der Waals surface area contributed by atoms with Crippen molar-refractivity contribution in [2.24, 2.45) is 5.73 Å². The molecule has 1 atom stereocenters. The van der Waals surface area contributed by atoms with E-state index in [0.717, 1.165) is 0 Å². The number of nitrogens with two attached hydrogens (primary N) is 1. The van der Waals surface area contributed by atoms with Gasteiger partial charge in [-0.3, -0.25) is 4.79 Å². The van der Waals surface area contributed by atoms with E-state index in [4.69, 9.17) is 20.3 Å². The molecule has 0 aliphatic carbocycles. The van der Waals surface area contributed by atoms with E-state index >= 15 is 0 Å². The van der Waals surface area contributed by atoms with Crippen LogP contribution in [0.3, 0.4) is 0 Å². The highest BCUT2D eigenvalue weighted by atomic mass is 19.1. The molecular formula is C12H16FNO4. The average Bonchev–Trinajstić information content (AvgIpc) is 2.27. The molecule has 0 bridgehead atoms. The number of carbonyl (C=O) groups is 1. The lowest BCUT2D eigenvalue weighted by Crippen LogP contribution is -2.46. The van der Waals surface area contributed by atoms with Gasteiger partial charge in [0.25, 0.3) is 0 Å². The molecule has 18 heavy (non-hydrogen) atoms. The van der Waals surface area contributed by atoms with Gasteiger partial charge in [-0.15, -0.1) is 0 Å². The Bertz CT molecular complexity index is 460. The van der Waals surface area contributed by atoms with E-state index in [2.05, 4.69) is 0 Å². The van der Waals surface area contributed by atoms with Crippen molar-refractivity contribution in [2.45, 2.75) is 18.9 Å². The van der Waals surface area contributed by atoms with Crippen molar-refractivity contribution in [1.82, 2.24) is 0 Å². The van der Waals surface area contributed by atoms with E-state index in [9.17, 15) is 9.18 Å². The summed E-state index contributed by atoms with van der Waals surface area (Å²) in [6.07, 6.45) is -0.0143. The third-order valence-electron chi connectivity index (χ3n) is 2.55. The molecule has 0 heterocycles. The predicted octanol–water partition coefficient (Wildman–Crippen LogP) is 1.19. The molecule has 0 radical (unpaired) electrons. The highest BCUT2D eigenvalue weighted by molar-refractivity contribution is 5.78. The first-order valence-electron chi connectivity index (χ1n) is 5.24. The number of hydrogen-bond acceptors (Lipinski definition) is 4. The third-order valence-corrected chi connectivity index (χ3v) is 2.55. The summed E-state index contributed by atoms with van der Waals surface area (Å²) in [4.78, 5) is 10.9. The van der Waals surface area contributed by atoms with Crippen LogP contribution in [0.25, 0.3) is 0 Å². The number of rotatable bonds is 5. The lowest BCUT2D eigenvalue weighted by molar-refractivity contribution is -0.142. The summed E-state index contributed by atoms with van der Waals surface area (Å²) in [5, 5.41) is 8.92. The van der Waals surface area contributed by atoms with Crippen molar-refractivity contribution in [1.29, 1.82) is 0 Å². The summed E-state index contributed by atoms with van der Waals surface area (Å²) in [6.45, 7) is 1.37. The summed E-state index contributed by atoms with van der Waals surface area (Å²) < 4.78 is 23.5. The molecule has 0 aliphatic heterocycles. The monoisotopic (exact) mass is 257 g/mol. The molecule has 1 unspecified atom stereocenters. The van der Waals surface area contributed by atoms with Gasteiger partial charge in [-0.2, -0.15) is 0 Å². The summed E-state index contributed by atoms with van der Waals surface area (Å²) in [5.74, 6) is -1.59. The molecule has 0 saturated carbocycles. The largest absolute Gasteiger partial charge is 0.493 e. The van der Waals surface area contributed by atoms with Gasteiger partial charge >= 0.3 is 5.97 Å². The molecule has 0 spiro atoms. The van der Waals surface area contributed by atoms with E-state index in [-0.39, 0.29) is 17.9 Å². The second kappa shape index (κ2) is 5.22. The fraction of sp³-hybridized carbons (Fsp3) is 0.417. The van der Waals surface area contributed by atoms with Crippen molar-refractivity contribution in [3.63, 3.8) is 0 Å². The quantitative estimate of drug-likeness (QED) is 0.828. The fourth-order valence-electron chi connectivity index (χ4n) is 1.57. The average molecular weight is 257 g/mol. The Morgan fingerprint density at radius 1 is 1.44 bits per heavy atom. The maximum atomic E-state index is 13.7. The maximum Gasteiger partial charge on any atom is 0.323 e. The second-order valence-corrected chi connectivity index (χ2v) is 4.21. The number of methoxy groups -OCH3 is 2. The number of ether oxygens (including phenoxy) is 2. The van der Waals surface area contributed by atoms with Crippen LogP contribution < -0.4 is 15.2 Å². The normalized spacial score (nSPS) is 13.8. The molecule has 1 aromatic rings. The van der Waals surface area contributed by atoms with Gasteiger partial charge in [-0.05, 0) is 24.6 Å². The van der Waals surface area contributed by atoms with Crippen LogP contribution in [0.1, 0.15) is 12.5 Å². The number of benzene rings is 1. The topological polar surface area (TPSA) is 81.8 Å². The summed E-state index contributed by atoms with van der Waals surface area (Å²) in [5.41, 5.74) is 4.57.